The van der Waals surface area contributed by atoms with Crippen LogP contribution in [0.4, 0.5) is 4.39 Å². The number of benzene rings is 2. The van der Waals surface area contributed by atoms with Crippen LogP contribution < -0.4 is 4.74 Å². The fraction of sp³-hybridized carbons (Fsp3) is 0.150. The molecule has 0 radical (unpaired) electrons. The number of Topliss-reactive ketones (excluding diaryl/α,β-unsaturated/α-hetero) is 1. The molecule has 0 saturated heterocycles. The van der Waals surface area contributed by atoms with E-state index in [1.807, 2.05) is 6.07 Å². The van der Waals surface area contributed by atoms with Crippen molar-refractivity contribution in [3.63, 3.8) is 0 Å². The van der Waals surface area contributed by atoms with E-state index in [2.05, 4.69) is 15.5 Å². The Morgan fingerprint density at radius 1 is 1.17 bits per heavy atom. The standard InChI is InChI=1S/C20H17FN4O4/c1-13-22-23-24-25(13)17(10-14-6-4-3-5-7-14)20(27)29-12-18(26)16-11-15(21)8-9-19(16)28-2/h3-11H,12H2,1-2H3/b17-10-. The first kappa shape index (κ1) is 19.9. The van der Waals surface area contributed by atoms with Crippen molar-refractivity contribution in [2.45, 2.75) is 6.92 Å². The van der Waals surface area contributed by atoms with Gasteiger partial charge in [-0.1, -0.05) is 30.3 Å². The molecule has 0 fully saturated rings. The van der Waals surface area contributed by atoms with Crippen LogP contribution in [0.3, 0.4) is 0 Å². The number of tetrazole rings is 1. The van der Waals surface area contributed by atoms with Gasteiger partial charge in [0.1, 0.15) is 11.6 Å². The number of ketones is 1. The van der Waals surface area contributed by atoms with E-state index >= 15 is 0 Å². The molecule has 0 unspecified atom stereocenters. The maximum Gasteiger partial charge on any atom is 0.357 e. The number of carbonyl (C=O) groups is 2. The number of halogens is 1. The molecule has 0 saturated carbocycles. The number of aryl methyl sites for hydroxylation is 1. The average Bonchev–Trinajstić information content (AvgIpc) is 3.16. The molecule has 2 aromatic carbocycles. The minimum atomic E-state index is -0.812. The molecule has 9 heteroatoms. The number of hydrogen-bond acceptors (Lipinski definition) is 7. The van der Waals surface area contributed by atoms with Gasteiger partial charge in [0.2, 0.25) is 5.78 Å². The molecule has 0 spiro atoms. The highest BCUT2D eigenvalue weighted by Gasteiger charge is 2.21. The lowest BCUT2D eigenvalue weighted by molar-refractivity contribution is -0.136. The Morgan fingerprint density at radius 2 is 1.93 bits per heavy atom. The molecule has 3 aromatic rings. The summed E-state index contributed by atoms with van der Waals surface area (Å²) in [4.78, 5) is 25.1. The molecule has 0 amide bonds. The smallest absolute Gasteiger partial charge is 0.357 e. The first-order valence-electron chi connectivity index (χ1n) is 8.55. The Labute approximate surface area is 165 Å². The third-order valence-corrected chi connectivity index (χ3v) is 3.96. The SMILES string of the molecule is COc1ccc(F)cc1C(=O)COC(=O)/C(=C/c1ccccc1)n1nnnc1C. The summed E-state index contributed by atoms with van der Waals surface area (Å²) in [6.45, 7) is 1.01. The third-order valence-electron chi connectivity index (χ3n) is 3.96. The van der Waals surface area contributed by atoms with Gasteiger partial charge < -0.3 is 9.47 Å². The highest BCUT2D eigenvalue weighted by molar-refractivity contribution is 6.16. The Hall–Kier alpha value is -3.88. The van der Waals surface area contributed by atoms with E-state index in [0.29, 0.717) is 11.4 Å². The van der Waals surface area contributed by atoms with E-state index in [-0.39, 0.29) is 17.0 Å². The molecule has 1 heterocycles. The summed E-state index contributed by atoms with van der Waals surface area (Å²) in [7, 11) is 1.36. The van der Waals surface area contributed by atoms with Crippen LogP contribution in [0, 0.1) is 12.7 Å². The molecular formula is C20H17FN4O4. The minimum absolute atomic E-state index is 0.0208. The molecule has 0 N–H and O–H groups in total. The molecule has 0 aliphatic rings. The van der Waals surface area contributed by atoms with Crippen molar-refractivity contribution in [1.82, 2.24) is 20.2 Å². The summed E-state index contributed by atoms with van der Waals surface area (Å²) in [5.41, 5.74) is 0.720. The van der Waals surface area contributed by atoms with Gasteiger partial charge in [0, 0.05) is 0 Å². The van der Waals surface area contributed by atoms with Gasteiger partial charge in [-0.2, -0.15) is 4.68 Å². The molecule has 1 aromatic heterocycles. The summed E-state index contributed by atoms with van der Waals surface area (Å²) in [5, 5.41) is 11.1. The first-order chi connectivity index (χ1) is 14.0. The summed E-state index contributed by atoms with van der Waals surface area (Å²) in [5.74, 6) is -1.48. The molecule has 29 heavy (non-hydrogen) atoms. The summed E-state index contributed by atoms with van der Waals surface area (Å²) < 4.78 is 24.9. The minimum Gasteiger partial charge on any atom is -0.496 e. The van der Waals surface area contributed by atoms with Crippen molar-refractivity contribution in [3.8, 4) is 5.75 Å². The van der Waals surface area contributed by atoms with Crippen LogP contribution in [0.25, 0.3) is 11.8 Å². The predicted octanol–water partition coefficient (Wildman–Crippen LogP) is 2.55. The molecule has 8 nitrogen and oxygen atoms in total. The van der Waals surface area contributed by atoms with Crippen LogP contribution >= 0.6 is 0 Å². The number of carbonyl (C=O) groups excluding carboxylic acids is 2. The molecule has 0 bridgehead atoms. The van der Waals surface area contributed by atoms with Gasteiger partial charge in [-0.05, 0) is 47.2 Å². The zero-order valence-corrected chi connectivity index (χ0v) is 15.7. The predicted molar refractivity (Wildman–Crippen MR) is 101 cm³/mol. The highest BCUT2D eigenvalue weighted by Crippen LogP contribution is 2.20. The summed E-state index contributed by atoms with van der Waals surface area (Å²) in [6, 6.07) is 12.6. The van der Waals surface area contributed by atoms with Gasteiger partial charge in [0.15, 0.2) is 18.1 Å². The second-order valence-electron chi connectivity index (χ2n) is 5.92. The average molecular weight is 396 g/mol. The maximum atomic E-state index is 13.5. The number of rotatable bonds is 7. The zero-order valence-electron chi connectivity index (χ0n) is 15.7. The number of aromatic nitrogens is 4. The van der Waals surface area contributed by atoms with Crippen molar-refractivity contribution in [2.75, 3.05) is 13.7 Å². The summed E-state index contributed by atoms with van der Waals surface area (Å²) in [6.07, 6.45) is 1.54. The van der Waals surface area contributed by atoms with E-state index in [9.17, 15) is 14.0 Å². The highest BCUT2D eigenvalue weighted by atomic mass is 19.1. The van der Waals surface area contributed by atoms with Crippen LogP contribution in [0.5, 0.6) is 5.75 Å². The van der Waals surface area contributed by atoms with Gasteiger partial charge in [-0.3, -0.25) is 4.79 Å². The molecule has 148 valence electrons. The number of hydrogen-bond donors (Lipinski definition) is 0. The van der Waals surface area contributed by atoms with Crippen LogP contribution in [-0.4, -0.2) is 45.7 Å². The second-order valence-corrected chi connectivity index (χ2v) is 5.92. The number of nitrogens with zero attached hydrogens (tertiary/aromatic N) is 4. The van der Waals surface area contributed by atoms with Crippen LogP contribution in [0.1, 0.15) is 21.7 Å². The van der Waals surface area contributed by atoms with Crippen molar-refractivity contribution in [1.29, 1.82) is 0 Å². The fourth-order valence-corrected chi connectivity index (χ4v) is 2.55. The van der Waals surface area contributed by atoms with Crippen molar-refractivity contribution >= 4 is 23.5 Å². The molecule has 0 atom stereocenters. The van der Waals surface area contributed by atoms with E-state index in [4.69, 9.17) is 9.47 Å². The van der Waals surface area contributed by atoms with Crippen molar-refractivity contribution in [3.05, 3.63) is 71.3 Å². The van der Waals surface area contributed by atoms with Crippen molar-refractivity contribution < 1.29 is 23.5 Å². The Balaban J connectivity index is 1.83. The lowest BCUT2D eigenvalue weighted by Crippen LogP contribution is -2.19. The quantitative estimate of drug-likeness (QED) is 0.344. The van der Waals surface area contributed by atoms with E-state index in [1.54, 1.807) is 37.3 Å². The van der Waals surface area contributed by atoms with Crippen molar-refractivity contribution in [2.24, 2.45) is 0 Å². The summed E-state index contributed by atoms with van der Waals surface area (Å²) >= 11 is 0. The maximum absolute atomic E-state index is 13.5. The van der Waals surface area contributed by atoms with Gasteiger partial charge in [0.25, 0.3) is 0 Å². The van der Waals surface area contributed by atoms with Crippen LogP contribution in [-0.2, 0) is 9.53 Å². The van der Waals surface area contributed by atoms with E-state index in [1.165, 1.54) is 23.9 Å². The Bertz CT molecular complexity index is 1060. The second kappa shape index (κ2) is 8.87. The monoisotopic (exact) mass is 396 g/mol. The normalized spacial score (nSPS) is 11.2. The Kier molecular flexibility index (Phi) is 6.08. The zero-order chi connectivity index (χ0) is 20.8. The topological polar surface area (TPSA) is 96.2 Å². The first-order valence-corrected chi connectivity index (χ1v) is 8.55. The van der Waals surface area contributed by atoms with Crippen LogP contribution in [0.15, 0.2) is 48.5 Å². The molecular weight excluding hydrogens is 379 g/mol. The van der Waals surface area contributed by atoms with Crippen LogP contribution in [0.2, 0.25) is 0 Å². The third kappa shape index (κ3) is 4.70. The van der Waals surface area contributed by atoms with E-state index < -0.39 is 24.2 Å². The number of esters is 1. The number of methoxy groups -OCH3 is 1. The van der Waals surface area contributed by atoms with Gasteiger partial charge in [-0.25, -0.2) is 9.18 Å². The largest absolute Gasteiger partial charge is 0.496 e. The van der Waals surface area contributed by atoms with Gasteiger partial charge in [-0.15, -0.1) is 5.10 Å². The fourth-order valence-electron chi connectivity index (χ4n) is 2.55. The lowest BCUT2D eigenvalue weighted by atomic mass is 10.1. The molecule has 0 aliphatic carbocycles. The molecule has 0 aliphatic heterocycles. The van der Waals surface area contributed by atoms with E-state index in [0.717, 1.165) is 6.07 Å². The van der Waals surface area contributed by atoms with Gasteiger partial charge >= 0.3 is 5.97 Å². The number of ether oxygens (including phenoxy) is 2. The van der Waals surface area contributed by atoms with Gasteiger partial charge in [0.05, 0.1) is 12.7 Å². The molecule has 3 rings (SSSR count). The Morgan fingerprint density at radius 3 is 2.59 bits per heavy atom. The lowest BCUT2D eigenvalue weighted by Gasteiger charge is -2.10.